The van der Waals surface area contributed by atoms with E-state index in [2.05, 4.69) is 98.6 Å². The summed E-state index contributed by atoms with van der Waals surface area (Å²) in [5, 5.41) is 3.90. The minimum Gasteiger partial charge on any atom is -0.487 e. The molecule has 2 aliphatic rings. The molecule has 0 aliphatic carbocycles. The molecule has 5 rings (SSSR count). The maximum atomic E-state index is 6.61. The Morgan fingerprint density at radius 1 is 0.919 bits per heavy atom. The lowest BCUT2D eigenvalue weighted by atomic mass is 9.90. The van der Waals surface area contributed by atoms with Crippen molar-refractivity contribution in [2.45, 2.75) is 65.0 Å². The molecule has 3 N–H and O–H groups in total. The van der Waals surface area contributed by atoms with Gasteiger partial charge in [0.2, 0.25) is 0 Å². The van der Waals surface area contributed by atoms with E-state index in [1.54, 1.807) is 0 Å². The molecular formula is C33H43N3O. The predicted octanol–water partition coefficient (Wildman–Crippen LogP) is 6.37. The second-order valence-corrected chi connectivity index (χ2v) is 11.5. The molecule has 1 atom stereocenters. The van der Waals surface area contributed by atoms with Crippen molar-refractivity contribution in [1.82, 2.24) is 10.2 Å². The van der Waals surface area contributed by atoms with Crippen LogP contribution in [0.2, 0.25) is 0 Å². The molecule has 0 aromatic heterocycles. The number of anilines is 1. The quantitative estimate of drug-likeness (QED) is 0.355. The van der Waals surface area contributed by atoms with Crippen LogP contribution in [0.1, 0.15) is 65.6 Å². The molecular weight excluding hydrogens is 454 g/mol. The molecule has 196 valence electrons. The lowest BCUT2D eigenvalue weighted by Gasteiger charge is -2.35. The minimum absolute atomic E-state index is 0.144. The highest BCUT2D eigenvalue weighted by atomic mass is 16.5. The zero-order valence-electron chi connectivity index (χ0n) is 23.0. The van der Waals surface area contributed by atoms with E-state index < -0.39 is 0 Å². The van der Waals surface area contributed by atoms with Gasteiger partial charge in [0.05, 0.1) is 6.04 Å². The van der Waals surface area contributed by atoms with Crippen LogP contribution >= 0.6 is 0 Å². The molecule has 4 nitrogen and oxygen atoms in total. The highest BCUT2D eigenvalue weighted by Gasteiger charge is 2.38. The van der Waals surface area contributed by atoms with Crippen molar-refractivity contribution in [3.8, 4) is 5.75 Å². The molecule has 0 radical (unpaired) electrons. The summed E-state index contributed by atoms with van der Waals surface area (Å²) in [6.45, 7) is 13.2. The first kappa shape index (κ1) is 25.8. The number of nitrogen functional groups attached to an aromatic ring is 1. The highest BCUT2D eigenvalue weighted by molar-refractivity contribution is 5.66. The molecule has 0 spiro atoms. The molecule has 2 heterocycles. The summed E-state index contributed by atoms with van der Waals surface area (Å²) in [4.78, 5) is 2.64. The summed E-state index contributed by atoms with van der Waals surface area (Å²) in [5.41, 5.74) is 14.7. The molecule has 0 amide bonds. The zero-order chi connectivity index (χ0) is 26.0. The predicted molar refractivity (Wildman–Crippen MR) is 154 cm³/mol. The van der Waals surface area contributed by atoms with E-state index in [9.17, 15) is 0 Å². The van der Waals surface area contributed by atoms with Crippen LogP contribution in [0.4, 0.5) is 5.69 Å². The summed E-state index contributed by atoms with van der Waals surface area (Å²) in [6, 6.07) is 21.9. The van der Waals surface area contributed by atoms with Crippen LogP contribution in [0.15, 0.2) is 60.7 Å². The van der Waals surface area contributed by atoms with Crippen molar-refractivity contribution >= 4 is 5.69 Å². The third-order valence-corrected chi connectivity index (χ3v) is 8.88. The van der Waals surface area contributed by atoms with Gasteiger partial charge in [-0.25, -0.2) is 0 Å². The Morgan fingerprint density at radius 2 is 1.51 bits per heavy atom. The first-order chi connectivity index (χ1) is 17.8. The maximum Gasteiger partial charge on any atom is 0.127 e. The molecule has 0 saturated carbocycles. The summed E-state index contributed by atoms with van der Waals surface area (Å²) in [7, 11) is 0. The first-order valence-corrected chi connectivity index (χ1v) is 14.0. The number of rotatable bonds is 8. The summed E-state index contributed by atoms with van der Waals surface area (Å²) >= 11 is 0. The van der Waals surface area contributed by atoms with Crippen LogP contribution in [0.25, 0.3) is 0 Å². The standard InChI is InChI=1S/C33H43N3O/c1-23-24(2)32-29(25(3)30(23)34)21-33(4,37-32)17-20-36-18-15-26(16-19-36)22-35-31(27-11-7-5-8-12-27)28-13-9-6-10-14-28/h5-14,26,31,35H,15-22,34H2,1-4H3. The fraction of sp³-hybridized carbons (Fsp3) is 0.455. The third-order valence-electron chi connectivity index (χ3n) is 8.88. The Bertz CT molecular complexity index is 1120. The fourth-order valence-corrected chi connectivity index (χ4v) is 6.17. The van der Waals surface area contributed by atoms with E-state index in [0.29, 0.717) is 5.92 Å². The van der Waals surface area contributed by atoms with Crippen molar-refractivity contribution in [2.75, 3.05) is 31.9 Å². The molecule has 4 heteroatoms. The first-order valence-electron chi connectivity index (χ1n) is 14.0. The second-order valence-electron chi connectivity index (χ2n) is 11.5. The van der Waals surface area contributed by atoms with Crippen LogP contribution in [0, 0.1) is 26.7 Å². The lowest BCUT2D eigenvalue weighted by molar-refractivity contribution is 0.0786. The van der Waals surface area contributed by atoms with E-state index in [1.807, 2.05) is 0 Å². The maximum absolute atomic E-state index is 6.61. The van der Waals surface area contributed by atoms with E-state index in [0.717, 1.165) is 42.9 Å². The van der Waals surface area contributed by atoms with Gasteiger partial charge < -0.3 is 20.7 Å². The topological polar surface area (TPSA) is 50.5 Å². The molecule has 37 heavy (non-hydrogen) atoms. The minimum atomic E-state index is -0.144. The van der Waals surface area contributed by atoms with Gasteiger partial charge >= 0.3 is 0 Å². The van der Waals surface area contributed by atoms with E-state index in [-0.39, 0.29) is 11.6 Å². The number of benzene rings is 3. The lowest BCUT2D eigenvalue weighted by Crippen LogP contribution is -2.41. The van der Waals surface area contributed by atoms with Gasteiger partial charge in [0.15, 0.2) is 0 Å². The normalized spacial score (nSPS) is 20.2. The molecule has 1 fully saturated rings. The highest BCUT2D eigenvalue weighted by Crippen LogP contribution is 2.44. The monoisotopic (exact) mass is 497 g/mol. The van der Waals surface area contributed by atoms with Crippen LogP contribution in [-0.2, 0) is 6.42 Å². The largest absolute Gasteiger partial charge is 0.487 e. The van der Waals surface area contributed by atoms with E-state index in [1.165, 1.54) is 53.7 Å². The van der Waals surface area contributed by atoms with Crippen molar-refractivity contribution < 1.29 is 4.74 Å². The van der Waals surface area contributed by atoms with Gasteiger partial charge in [-0.1, -0.05) is 60.7 Å². The number of nitrogens with zero attached hydrogens (tertiary/aromatic N) is 1. The third kappa shape index (κ3) is 5.56. The summed E-state index contributed by atoms with van der Waals surface area (Å²) in [5.74, 6) is 1.80. The van der Waals surface area contributed by atoms with Crippen LogP contribution in [0.3, 0.4) is 0 Å². The van der Waals surface area contributed by atoms with Crippen molar-refractivity contribution in [3.63, 3.8) is 0 Å². The number of hydrogen-bond donors (Lipinski definition) is 2. The average Bonchev–Trinajstić information content (AvgIpc) is 3.30. The SMILES string of the molecule is Cc1c(C)c2c(c(C)c1N)CC(C)(CCN1CCC(CNC(c3ccccc3)c3ccccc3)CC1)O2. The Labute approximate surface area is 223 Å². The molecule has 3 aromatic carbocycles. The Kier molecular flexibility index (Phi) is 7.60. The van der Waals surface area contributed by atoms with Crippen LogP contribution in [0.5, 0.6) is 5.75 Å². The van der Waals surface area contributed by atoms with Crippen molar-refractivity contribution in [2.24, 2.45) is 5.92 Å². The number of likely N-dealkylation sites (tertiary alicyclic amines) is 1. The molecule has 1 saturated heterocycles. The number of piperidine rings is 1. The van der Waals surface area contributed by atoms with Crippen molar-refractivity contribution in [1.29, 1.82) is 0 Å². The summed E-state index contributed by atoms with van der Waals surface area (Å²) < 4.78 is 6.61. The van der Waals surface area contributed by atoms with Gasteiger partial charge in [-0.15, -0.1) is 0 Å². The second kappa shape index (κ2) is 10.9. The number of nitrogens with one attached hydrogen (secondary N) is 1. The molecule has 1 unspecified atom stereocenters. The van der Waals surface area contributed by atoms with Gasteiger partial charge in [0, 0.05) is 24.2 Å². The van der Waals surface area contributed by atoms with E-state index >= 15 is 0 Å². The number of nitrogens with two attached hydrogens (primary N) is 1. The Morgan fingerprint density at radius 3 is 2.11 bits per heavy atom. The molecule has 3 aromatic rings. The van der Waals surface area contributed by atoms with Gasteiger partial charge in [-0.05, 0) is 100 Å². The van der Waals surface area contributed by atoms with Gasteiger partial charge in [0.25, 0.3) is 0 Å². The fourth-order valence-electron chi connectivity index (χ4n) is 6.17. The number of hydrogen-bond acceptors (Lipinski definition) is 4. The summed E-state index contributed by atoms with van der Waals surface area (Å²) in [6.07, 6.45) is 4.50. The van der Waals surface area contributed by atoms with E-state index in [4.69, 9.17) is 10.5 Å². The van der Waals surface area contributed by atoms with Gasteiger partial charge in [0.1, 0.15) is 11.4 Å². The Hall–Kier alpha value is -2.82. The van der Waals surface area contributed by atoms with Gasteiger partial charge in [-0.3, -0.25) is 0 Å². The number of fused-ring (bicyclic) bond motifs is 1. The smallest absolute Gasteiger partial charge is 0.127 e. The Balaban J connectivity index is 1.13. The van der Waals surface area contributed by atoms with Gasteiger partial charge in [-0.2, -0.15) is 0 Å². The zero-order valence-corrected chi connectivity index (χ0v) is 23.0. The number of ether oxygens (including phenoxy) is 1. The van der Waals surface area contributed by atoms with Crippen molar-refractivity contribution in [3.05, 3.63) is 94.0 Å². The molecule has 2 aliphatic heterocycles. The average molecular weight is 498 g/mol. The molecule has 0 bridgehead atoms. The van der Waals surface area contributed by atoms with Crippen LogP contribution < -0.4 is 15.8 Å². The van der Waals surface area contributed by atoms with Crippen LogP contribution in [-0.4, -0.2) is 36.7 Å².